The van der Waals surface area contributed by atoms with E-state index in [4.69, 9.17) is 11.6 Å². The summed E-state index contributed by atoms with van der Waals surface area (Å²) < 4.78 is 0. The lowest BCUT2D eigenvalue weighted by atomic mass is 10.2. The summed E-state index contributed by atoms with van der Waals surface area (Å²) in [5.74, 6) is 0. The largest absolute Gasteiger partial charge is 0.258 e. The number of hydrogen-bond acceptors (Lipinski definition) is 1. The molecule has 1 rings (SSSR count). The highest BCUT2D eigenvalue weighted by atomic mass is 35.5. The molecule has 2 heteroatoms. The van der Waals surface area contributed by atoms with Crippen molar-refractivity contribution in [2.75, 3.05) is 0 Å². The molecule has 0 radical (unpaired) electrons. The molecule has 0 aromatic heterocycles. The van der Waals surface area contributed by atoms with Gasteiger partial charge in [-0.1, -0.05) is 17.7 Å². The van der Waals surface area contributed by atoms with Crippen LogP contribution in [0, 0.1) is 6.92 Å². The highest BCUT2D eigenvalue weighted by molar-refractivity contribution is 6.30. The Morgan fingerprint density at radius 1 is 1.33 bits per heavy atom. The minimum absolute atomic E-state index is 0.737. The van der Waals surface area contributed by atoms with Crippen LogP contribution in [0.4, 0.5) is 5.69 Å². The third-order valence-corrected chi connectivity index (χ3v) is 1.75. The van der Waals surface area contributed by atoms with Crippen LogP contribution < -0.4 is 0 Å². The Morgan fingerprint density at radius 2 is 2.00 bits per heavy atom. The van der Waals surface area contributed by atoms with Crippen LogP contribution in [0.5, 0.6) is 0 Å². The zero-order chi connectivity index (χ0) is 9.14. The van der Waals surface area contributed by atoms with E-state index in [1.807, 2.05) is 39.0 Å². The van der Waals surface area contributed by atoms with Gasteiger partial charge in [0.25, 0.3) is 0 Å². The summed E-state index contributed by atoms with van der Waals surface area (Å²) >= 11 is 5.83. The van der Waals surface area contributed by atoms with E-state index < -0.39 is 0 Å². The molecule has 0 fully saturated rings. The van der Waals surface area contributed by atoms with Gasteiger partial charge in [-0.25, -0.2) is 0 Å². The first-order chi connectivity index (χ1) is 5.59. The standard InChI is InChI=1S/C10H12ClN/c1-7(2)12-10-6-9(11)5-4-8(10)3/h4-6H,1-3H3. The Morgan fingerprint density at radius 3 is 2.58 bits per heavy atom. The lowest BCUT2D eigenvalue weighted by Gasteiger charge is -2.00. The molecule has 0 bridgehead atoms. The maximum absolute atomic E-state index is 5.83. The van der Waals surface area contributed by atoms with Gasteiger partial charge in [-0.05, 0) is 38.5 Å². The molecule has 12 heavy (non-hydrogen) atoms. The second-order valence-electron chi connectivity index (χ2n) is 2.99. The zero-order valence-electron chi connectivity index (χ0n) is 7.56. The van der Waals surface area contributed by atoms with E-state index in [2.05, 4.69) is 4.99 Å². The van der Waals surface area contributed by atoms with Gasteiger partial charge in [0, 0.05) is 10.7 Å². The highest BCUT2D eigenvalue weighted by Crippen LogP contribution is 2.22. The fraction of sp³-hybridized carbons (Fsp3) is 0.300. The van der Waals surface area contributed by atoms with Crippen LogP contribution >= 0.6 is 11.6 Å². The van der Waals surface area contributed by atoms with Crippen molar-refractivity contribution in [1.29, 1.82) is 0 Å². The van der Waals surface area contributed by atoms with Gasteiger partial charge in [0.1, 0.15) is 0 Å². The summed E-state index contributed by atoms with van der Waals surface area (Å²) in [5, 5.41) is 0.737. The Bertz CT molecular complexity index is 312. The molecule has 64 valence electrons. The summed E-state index contributed by atoms with van der Waals surface area (Å²) in [6.45, 7) is 5.97. The fourth-order valence-electron chi connectivity index (χ4n) is 0.944. The zero-order valence-corrected chi connectivity index (χ0v) is 8.31. The van der Waals surface area contributed by atoms with Crippen molar-refractivity contribution < 1.29 is 0 Å². The van der Waals surface area contributed by atoms with Crippen molar-refractivity contribution in [3.05, 3.63) is 28.8 Å². The summed E-state index contributed by atoms with van der Waals surface area (Å²) in [4.78, 5) is 4.35. The second kappa shape index (κ2) is 3.72. The molecule has 1 nitrogen and oxygen atoms in total. The van der Waals surface area contributed by atoms with Gasteiger partial charge in [-0.2, -0.15) is 0 Å². The average molecular weight is 182 g/mol. The number of benzene rings is 1. The highest BCUT2D eigenvalue weighted by Gasteiger charge is 1.96. The molecule has 0 N–H and O–H groups in total. The van der Waals surface area contributed by atoms with E-state index in [-0.39, 0.29) is 0 Å². The third-order valence-electron chi connectivity index (χ3n) is 1.52. The predicted octanol–water partition coefficient (Wildman–Crippen LogP) is 3.76. The Kier molecular flexibility index (Phi) is 2.88. The van der Waals surface area contributed by atoms with Gasteiger partial charge in [-0.3, -0.25) is 4.99 Å². The summed E-state index contributed by atoms with van der Waals surface area (Å²) in [6.07, 6.45) is 0. The van der Waals surface area contributed by atoms with Gasteiger partial charge in [0.05, 0.1) is 5.69 Å². The Hall–Kier alpha value is -0.820. The molecular weight excluding hydrogens is 170 g/mol. The normalized spacial score (nSPS) is 9.67. The Labute approximate surface area is 78.1 Å². The number of hydrogen-bond donors (Lipinski definition) is 0. The topological polar surface area (TPSA) is 12.4 Å². The smallest absolute Gasteiger partial charge is 0.0672 e. The molecule has 0 saturated heterocycles. The molecule has 0 unspecified atom stereocenters. The molecule has 0 spiro atoms. The van der Waals surface area contributed by atoms with E-state index in [0.29, 0.717) is 0 Å². The maximum atomic E-state index is 5.83. The number of halogens is 1. The monoisotopic (exact) mass is 181 g/mol. The van der Waals surface area contributed by atoms with Crippen molar-refractivity contribution in [3.63, 3.8) is 0 Å². The minimum atomic E-state index is 0.737. The maximum Gasteiger partial charge on any atom is 0.0672 e. The van der Waals surface area contributed by atoms with Crippen LogP contribution in [0.15, 0.2) is 23.2 Å². The second-order valence-corrected chi connectivity index (χ2v) is 3.43. The van der Waals surface area contributed by atoms with E-state index in [9.17, 15) is 0 Å². The van der Waals surface area contributed by atoms with E-state index in [1.54, 1.807) is 0 Å². The van der Waals surface area contributed by atoms with E-state index >= 15 is 0 Å². The number of rotatable bonds is 1. The first-order valence-corrected chi connectivity index (χ1v) is 4.25. The molecule has 0 atom stereocenters. The van der Waals surface area contributed by atoms with Crippen molar-refractivity contribution >= 4 is 23.0 Å². The molecule has 1 aromatic rings. The van der Waals surface area contributed by atoms with Crippen LogP contribution in [0.2, 0.25) is 5.02 Å². The quantitative estimate of drug-likeness (QED) is 0.585. The summed E-state index contributed by atoms with van der Waals surface area (Å²) in [5.41, 5.74) is 3.16. The number of aryl methyl sites for hydroxylation is 1. The lowest BCUT2D eigenvalue weighted by molar-refractivity contribution is 1.38. The molecule has 0 saturated carbocycles. The van der Waals surface area contributed by atoms with Crippen LogP contribution in [0.3, 0.4) is 0 Å². The molecule has 0 aliphatic carbocycles. The number of nitrogens with zero attached hydrogens (tertiary/aromatic N) is 1. The number of aliphatic imine (C=N–C) groups is 1. The van der Waals surface area contributed by atoms with Gasteiger partial charge in [-0.15, -0.1) is 0 Å². The van der Waals surface area contributed by atoms with Crippen molar-refractivity contribution in [2.24, 2.45) is 4.99 Å². The molecule has 0 amide bonds. The molecule has 1 aromatic carbocycles. The third kappa shape index (κ3) is 2.35. The van der Waals surface area contributed by atoms with Crippen molar-refractivity contribution in [3.8, 4) is 0 Å². The lowest BCUT2D eigenvalue weighted by Crippen LogP contribution is -1.81. The molecule has 0 aliphatic rings. The minimum Gasteiger partial charge on any atom is -0.258 e. The van der Waals surface area contributed by atoms with Crippen LogP contribution in [-0.2, 0) is 0 Å². The predicted molar refractivity (Wildman–Crippen MR) is 54.6 cm³/mol. The van der Waals surface area contributed by atoms with Gasteiger partial charge in [0.2, 0.25) is 0 Å². The van der Waals surface area contributed by atoms with Crippen LogP contribution in [0.1, 0.15) is 19.4 Å². The first kappa shape index (κ1) is 9.27. The summed E-state index contributed by atoms with van der Waals surface area (Å²) in [7, 11) is 0. The summed E-state index contributed by atoms with van der Waals surface area (Å²) in [6, 6.07) is 5.73. The molecule has 0 heterocycles. The SMILES string of the molecule is CC(C)=Nc1cc(Cl)ccc1C. The van der Waals surface area contributed by atoms with Crippen LogP contribution in [-0.4, -0.2) is 5.71 Å². The first-order valence-electron chi connectivity index (χ1n) is 3.87. The average Bonchev–Trinajstić information content (AvgIpc) is 1.96. The van der Waals surface area contributed by atoms with Gasteiger partial charge < -0.3 is 0 Å². The molecule has 0 aliphatic heterocycles. The van der Waals surface area contributed by atoms with Gasteiger partial charge >= 0.3 is 0 Å². The van der Waals surface area contributed by atoms with Crippen LogP contribution in [0.25, 0.3) is 0 Å². The van der Waals surface area contributed by atoms with E-state index in [1.165, 1.54) is 0 Å². The Balaban J connectivity index is 3.14. The van der Waals surface area contributed by atoms with Crippen molar-refractivity contribution in [2.45, 2.75) is 20.8 Å². The molecular formula is C10H12ClN. The fourth-order valence-corrected chi connectivity index (χ4v) is 1.11. The van der Waals surface area contributed by atoms with Crippen molar-refractivity contribution in [1.82, 2.24) is 0 Å². The van der Waals surface area contributed by atoms with E-state index in [0.717, 1.165) is 22.0 Å². The van der Waals surface area contributed by atoms with Gasteiger partial charge in [0.15, 0.2) is 0 Å².